The van der Waals surface area contributed by atoms with Crippen molar-refractivity contribution in [1.82, 2.24) is 10.2 Å². The van der Waals surface area contributed by atoms with Crippen molar-refractivity contribution >= 4 is 0 Å². The van der Waals surface area contributed by atoms with Crippen LogP contribution in [0.15, 0.2) is 0 Å². The van der Waals surface area contributed by atoms with Gasteiger partial charge in [0.05, 0.1) is 18.8 Å². The molecule has 0 spiro atoms. The van der Waals surface area contributed by atoms with E-state index in [1.807, 2.05) is 0 Å². The zero-order valence-corrected chi connectivity index (χ0v) is 14.3. The first-order valence-electron chi connectivity index (χ1n) is 8.68. The van der Waals surface area contributed by atoms with Crippen LogP contribution >= 0.6 is 0 Å². The van der Waals surface area contributed by atoms with Crippen molar-refractivity contribution in [1.29, 1.82) is 0 Å². The summed E-state index contributed by atoms with van der Waals surface area (Å²) in [7, 11) is 0. The summed E-state index contributed by atoms with van der Waals surface area (Å²) in [6.45, 7) is 13.3. The molecule has 4 nitrogen and oxygen atoms in total. The van der Waals surface area contributed by atoms with Gasteiger partial charge in [-0.05, 0) is 37.6 Å². The molecule has 0 amide bonds. The minimum absolute atomic E-state index is 0.0112. The Morgan fingerprint density at radius 1 is 1.33 bits per heavy atom. The van der Waals surface area contributed by atoms with Crippen LogP contribution in [-0.2, 0) is 4.74 Å². The van der Waals surface area contributed by atoms with Crippen LogP contribution in [0.25, 0.3) is 0 Å². The van der Waals surface area contributed by atoms with E-state index in [-0.39, 0.29) is 18.8 Å². The van der Waals surface area contributed by atoms with Gasteiger partial charge in [-0.1, -0.05) is 27.2 Å². The Morgan fingerprint density at radius 2 is 2.10 bits per heavy atom. The molecule has 4 heteroatoms. The lowest BCUT2D eigenvalue weighted by molar-refractivity contribution is -0.101. The lowest BCUT2D eigenvalue weighted by Crippen LogP contribution is -2.55. The molecule has 0 aromatic carbocycles. The first-order valence-corrected chi connectivity index (χ1v) is 8.68. The van der Waals surface area contributed by atoms with E-state index < -0.39 is 0 Å². The van der Waals surface area contributed by atoms with Crippen molar-refractivity contribution in [3.8, 4) is 0 Å². The number of hydrogen-bond donors (Lipinski definition) is 2. The number of aliphatic hydroxyl groups excluding tert-OH is 1. The van der Waals surface area contributed by atoms with Crippen molar-refractivity contribution in [2.24, 2.45) is 11.3 Å². The molecule has 1 heterocycles. The first-order chi connectivity index (χ1) is 9.96. The Morgan fingerprint density at radius 3 is 2.76 bits per heavy atom. The van der Waals surface area contributed by atoms with Crippen LogP contribution in [-0.4, -0.2) is 61.0 Å². The molecule has 0 aromatic rings. The van der Waals surface area contributed by atoms with Crippen molar-refractivity contribution in [3.05, 3.63) is 0 Å². The molecule has 2 N–H and O–H groups in total. The Balaban J connectivity index is 1.98. The quantitative estimate of drug-likeness (QED) is 0.813. The van der Waals surface area contributed by atoms with Crippen LogP contribution in [0.3, 0.4) is 0 Å². The molecule has 1 aliphatic carbocycles. The molecule has 0 radical (unpaired) electrons. The molecule has 0 bridgehead atoms. The molecular formula is C17H34N2O2. The van der Waals surface area contributed by atoms with Gasteiger partial charge < -0.3 is 15.2 Å². The number of morpholine rings is 1. The Kier molecular flexibility index (Phi) is 6.06. The van der Waals surface area contributed by atoms with Crippen molar-refractivity contribution in [3.63, 3.8) is 0 Å². The molecule has 2 fully saturated rings. The number of rotatable bonds is 5. The summed E-state index contributed by atoms with van der Waals surface area (Å²) in [6.07, 6.45) is 4.19. The Hall–Kier alpha value is -0.160. The van der Waals surface area contributed by atoms with Gasteiger partial charge in [-0.3, -0.25) is 4.90 Å². The van der Waals surface area contributed by atoms with E-state index in [0.29, 0.717) is 17.4 Å². The smallest absolute Gasteiger partial charge is 0.0936 e. The third kappa shape index (κ3) is 4.41. The number of aliphatic hydroxyl groups is 1. The largest absolute Gasteiger partial charge is 0.394 e. The van der Waals surface area contributed by atoms with Crippen LogP contribution in [0.2, 0.25) is 0 Å². The highest BCUT2D eigenvalue weighted by molar-refractivity contribution is 4.95. The molecule has 1 saturated heterocycles. The van der Waals surface area contributed by atoms with Crippen molar-refractivity contribution in [2.45, 2.75) is 65.2 Å². The summed E-state index contributed by atoms with van der Waals surface area (Å²) >= 11 is 0. The zero-order chi connectivity index (χ0) is 15.5. The van der Waals surface area contributed by atoms with Gasteiger partial charge in [0.15, 0.2) is 0 Å². The SMILES string of the molecule is CCNC1C(CN2CC(C)OC(CO)C2)CCCC1(C)C. The number of nitrogens with zero attached hydrogens (tertiary/aromatic N) is 1. The van der Waals surface area contributed by atoms with E-state index in [9.17, 15) is 5.11 Å². The molecule has 4 unspecified atom stereocenters. The van der Waals surface area contributed by atoms with E-state index in [0.717, 1.165) is 26.2 Å². The van der Waals surface area contributed by atoms with Gasteiger partial charge in [0.1, 0.15) is 0 Å². The maximum atomic E-state index is 9.39. The summed E-state index contributed by atoms with van der Waals surface area (Å²) < 4.78 is 5.76. The van der Waals surface area contributed by atoms with Gasteiger partial charge >= 0.3 is 0 Å². The second-order valence-electron chi connectivity index (χ2n) is 7.65. The topological polar surface area (TPSA) is 44.7 Å². The van der Waals surface area contributed by atoms with E-state index in [2.05, 4.69) is 37.9 Å². The van der Waals surface area contributed by atoms with E-state index in [1.165, 1.54) is 19.3 Å². The summed E-state index contributed by atoms with van der Waals surface area (Å²) in [5.74, 6) is 0.707. The second-order valence-corrected chi connectivity index (χ2v) is 7.65. The van der Waals surface area contributed by atoms with Gasteiger partial charge in [-0.25, -0.2) is 0 Å². The summed E-state index contributed by atoms with van der Waals surface area (Å²) in [6, 6.07) is 0.599. The summed E-state index contributed by atoms with van der Waals surface area (Å²) in [5, 5.41) is 13.1. The third-order valence-electron chi connectivity index (χ3n) is 5.23. The fourth-order valence-corrected chi connectivity index (χ4v) is 4.36. The second kappa shape index (κ2) is 7.40. The fourth-order valence-electron chi connectivity index (χ4n) is 4.36. The highest BCUT2D eigenvalue weighted by atomic mass is 16.5. The van der Waals surface area contributed by atoms with Crippen LogP contribution in [0.5, 0.6) is 0 Å². The minimum Gasteiger partial charge on any atom is -0.394 e. The molecular weight excluding hydrogens is 264 g/mol. The van der Waals surface area contributed by atoms with Crippen LogP contribution in [0, 0.1) is 11.3 Å². The fraction of sp³-hybridized carbons (Fsp3) is 1.00. The molecule has 21 heavy (non-hydrogen) atoms. The lowest BCUT2D eigenvalue weighted by Gasteiger charge is -2.47. The average Bonchev–Trinajstić information content (AvgIpc) is 2.41. The van der Waals surface area contributed by atoms with Gasteiger partial charge in [0, 0.05) is 25.7 Å². The maximum absolute atomic E-state index is 9.39. The van der Waals surface area contributed by atoms with Crippen molar-refractivity contribution in [2.75, 3.05) is 32.8 Å². The van der Waals surface area contributed by atoms with E-state index >= 15 is 0 Å². The number of nitrogens with one attached hydrogen (secondary N) is 1. The van der Waals surface area contributed by atoms with Gasteiger partial charge in [0.25, 0.3) is 0 Å². The molecule has 0 aromatic heterocycles. The molecule has 4 atom stereocenters. The number of ether oxygens (including phenoxy) is 1. The van der Waals surface area contributed by atoms with Crippen LogP contribution in [0.4, 0.5) is 0 Å². The minimum atomic E-state index is -0.0112. The molecule has 1 aliphatic heterocycles. The maximum Gasteiger partial charge on any atom is 0.0936 e. The highest BCUT2D eigenvalue weighted by Gasteiger charge is 2.39. The summed E-state index contributed by atoms with van der Waals surface area (Å²) in [5.41, 5.74) is 0.382. The lowest BCUT2D eigenvalue weighted by atomic mass is 9.67. The first kappa shape index (κ1) is 17.2. The highest BCUT2D eigenvalue weighted by Crippen LogP contribution is 2.39. The van der Waals surface area contributed by atoms with Crippen LogP contribution in [0.1, 0.15) is 47.0 Å². The van der Waals surface area contributed by atoms with E-state index in [4.69, 9.17) is 4.74 Å². The predicted octanol–water partition coefficient (Wildman–Crippen LogP) is 1.87. The predicted molar refractivity (Wildman–Crippen MR) is 86.4 cm³/mol. The Bertz CT molecular complexity index is 322. The van der Waals surface area contributed by atoms with Crippen molar-refractivity contribution < 1.29 is 9.84 Å². The van der Waals surface area contributed by atoms with E-state index in [1.54, 1.807) is 0 Å². The molecule has 1 saturated carbocycles. The van der Waals surface area contributed by atoms with Crippen LogP contribution < -0.4 is 5.32 Å². The standard InChI is InChI=1S/C17H34N2O2/c1-5-18-16-14(7-6-8-17(16,3)4)10-19-9-13(2)21-15(11-19)12-20/h13-16,18,20H,5-12H2,1-4H3. The van der Waals surface area contributed by atoms with Gasteiger partial charge in [-0.15, -0.1) is 0 Å². The monoisotopic (exact) mass is 298 g/mol. The normalized spacial score (nSPS) is 37.6. The van der Waals surface area contributed by atoms with Gasteiger partial charge in [0.2, 0.25) is 0 Å². The summed E-state index contributed by atoms with van der Waals surface area (Å²) in [4.78, 5) is 2.51. The zero-order valence-electron chi connectivity index (χ0n) is 14.3. The average molecular weight is 298 g/mol. The molecule has 2 rings (SSSR count). The molecule has 2 aliphatic rings. The third-order valence-corrected chi connectivity index (χ3v) is 5.23. The van der Waals surface area contributed by atoms with Gasteiger partial charge in [-0.2, -0.15) is 0 Å². The Labute approximate surface area is 130 Å². The number of hydrogen-bond acceptors (Lipinski definition) is 4. The molecule has 124 valence electrons.